The zero-order valence-corrected chi connectivity index (χ0v) is 16.2. The molecule has 0 spiro atoms. The van der Waals surface area contributed by atoms with Gasteiger partial charge in [-0.25, -0.2) is 9.82 Å². The van der Waals surface area contributed by atoms with Gasteiger partial charge in [0, 0.05) is 31.3 Å². The molecule has 2 rings (SSSR count). The van der Waals surface area contributed by atoms with Crippen LogP contribution < -0.4 is 5.43 Å². The summed E-state index contributed by atoms with van der Waals surface area (Å²) >= 11 is 0. The first kappa shape index (κ1) is 21.0. The lowest BCUT2D eigenvalue weighted by Crippen LogP contribution is -2.51. The number of carbonyl (C=O) groups excluding carboxylic acids is 3. The first-order valence-corrected chi connectivity index (χ1v) is 9.17. The molecule has 27 heavy (non-hydrogen) atoms. The summed E-state index contributed by atoms with van der Waals surface area (Å²) in [5.41, 5.74) is 3.44. The molecule has 0 bridgehead atoms. The molecule has 1 aliphatic heterocycles. The Labute approximate surface area is 159 Å². The van der Waals surface area contributed by atoms with Gasteiger partial charge in [0.1, 0.15) is 17.5 Å². The number of methoxy groups -OCH3 is 1. The number of benzene rings is 1. The largest absolute Gasteiger partial charge is 0.468 e. The van der Waals surface area contributed by atoms with Crippen molar-refractivity contribution in [1.29, 1.82) is 0 Å². The maximum Gasteiger partial charge on any atom is 0.316 e. The van der Waals surface area contributed by atoms with Gasteiger partial charge in [-0.05, 0) is 30.5 Å². The minimum atomic E-state index is -1.12. The van der Waals surface area contributed by atoms with E-state index in [2.05, 4.69) is 5.43 Å². The maximum atomic E-state index is 13.5. The molecule has 1 saturated heterocycles. The highest BCUT2D eigenvalue weighted by Gasteiger charge is 2.46. The number of nitrogens with one attached hydrogen (secondary N) is 1. The summed E-state index contributed by atoms with van der Waals surface area (Å²) in [6.45, 7) is 3.98. The van der Waals surface area contributed by atoms with Crippen LogP contribution in [-0.2, 0) is 19.1 Å². The number of ether oxygens (including phenoxy) is 1. The lowest BCUT2D eigenvalue weighted by Gasteiger charge is -2.38. The standard InChI is InChI=1S/C20H27FN2O4/c1-12(2)18(24)17(20(26)27-4)16(13-7-9-14(21)10-8-13)15-6-5-11-23(22-3)19(15)25/h7-10,12,15-17,22H,5-6,11H2,1-4H3. The van der Waals surface area contributed by atoms with Gasteiger partial charge in [0.2, 0.25) is 5.91 Å². The van der Waals surface area contributed by atoms with Crippen molar-refractivity contribution < 1.29 is 23.5 Å². The third kappa shape index (κ3) is 4.53. The van der Waals surface area contributed by atoms with Crippen LogP contribution in [0.1, 0.15) is 38.2 Å². The number of rotatable bonds is 7. The number of Topliss-reactive ketones (excluding diaryl/α,β-unsaturated/α-hetero) is 1. The van der Waals surface area contributed by atoms with E-state index in [0.717, 1.165) is 6.42 Å². The number of piperidine rings is 1. The van der Waals surface area contributed by atoms with Gasteiger partial charge in [-0.3, -0.25) is 19.4 Å². The number of ketones is 1. The summed E-state index contributed by atoms with van der Waals surface area (Å²) in [5.74, 6) is -4.37. The molecule has 1 aromatic rings. The van der Waals surface area contributed by atoms with Gasteiger partial charge in [0.05, 0.1) is 7.11 Å². The van der Waals surface area contributed by atoms with Crippen molar-refractivity contribution in [3.05, 3.63) is 35.6 Å². The van der Waals surface area contributed by atoms with Crippen molar-refractivity contribution >= 4 is 17.7 Å². The Balaban J connectivity index is 2.56. The Hall–Kier alpha value is -2.28. The first-order chi connectivity index (χ1) is 12.8. The highest BCUT2D eigenvalue weighted by Crippen LogP contribution is 2.40. The number of hydrogen-bond acceptors (Lipinski definition) is 5. The van der Waals surface area contributed by atoms with E-state index in [-0.39, 0.29) is 11.7 Å². The number of hydrazine groups is 1. The smallest absolute Gasteiger partial charge is 0.316 e. The van der Waals surface area contributed by atoms with E-state index in [0.29, 0.717) is 18.5 Å². The number of esters is 1. The molecule has 1 heterocycles. The summed E-state index contributed by atoms with van der Waals surface area (Å²) in [5, 5.41) is 1.50. The Morgan fingerprint density at radius 2 is 1.89 bits per heavy atom. The van der Waals surface area contributed by atoms with Gasteiger partial charge in [0.15, 0.2) is 0 Å². The predicted octanol–water partition coefficient (Wildman–Crippen LogP) is 2.30. The van der Waals surface area contributed by atoms with Crippen LogP contribution in [-0.4, -0.2) is 43.4 Å². The van der Waals surface area contributed by atoms with Crippen molar-refractivity contribution in [2.75, 3.05) is 20.7 Å². The van der Waals surface area contributed by atoms with Crippen molar-refractivity contribution in [3.8, 4) is 0 Å². The summed E-state index contributed by atoms with van der Waals surface area (Å²) in [6, 6.07) is 5.63. The Bertz CT molecular complexity index is 690. The van der Waals surface area contributed by atoms with Gasteiger partial charge in [-0.15, -0.1) is 0 Å². The molecule has 0 aromatic heterocycles. The van der Waals surface area contributed by atoms with E-state index in [1.807, 2.05) is 0 Å². The number of amides is 1. The molecule has 1 aromatic carbocycles. The molecule has 0 saturated carbocycles. The quantitative estimate of drug-likeness (QED) is 0.582. The number of carbonyl (C=O) groups is 3. The van der Waals surface area contributed by atoms with Crippen molar-refractivity contribution in [2.24, 2.45) is 17.8 Å². The van der Waals surface area contributed by atoms with Crippen molar-refractivity contribution in [3.63, 3.8) is 0 Å². The van der Waals surface area contributed by atoms with Gasteiger partial charge >= 0.3 is 5.97 Å². The monoisotopic (exact) mass is 378 g/mol. The Kier molecular flexibility index (Phi) is 7.07. The highest BCUT2D eigenvalue weighted by atomic mass is 19.1. The minimum absolute atomic E-state index is 0.177. The van der Waals surface area contributed by atoms with Gasteiger partial charge in [0.25, 0.3) is 0 Å². The summed E-state index contributed by atoms with van der Waals surface area (Å²) in [7, 11) is 2.89. The topological polar surface area (TPSA) is 75.7 Å². The molecule has 1 amide bonds. The van der Waals surface area contributed by atoms with Crippen LogP contribution in [0, 0.1) is 23.6 Å². The second-order valence-electron chi connectivity index (χ2n) is 7.10. The van der Waals surface area contributed by atoms with Crippen LogP contribution >= 0.6 is 0 Å². The fourth-order valence-corrected chi connectivity index (χ4v) is 3.73. The summed E-state index contributed by atoms with van der Waals surface area (Å²) < 4.78 is 18.4. The first-order valence-electron chi connectivity index (χ1n) is 9.17. The van der Waals surface area contributed by atoms with Gasteiger partial charge < -0.3 is 4.74 Å². The maximum absolute atomic E-state index is 13.5. The molecule has 1 fully saturated rings. The lowest BCUT2D eigenvalue weighted by molar-refractivity contribution is -0.154. The third-order valence-corrected chi connectivity index (χ3v) is 5.13. The fourth-order valence-electron chi connectivity index (χ4n) is 3.73. The SMILES string of the molecule is CNN1CCCC(C(c2ccc(F)cc2)C(C(=O)OC)C(=O)C(C)C)C1=O. The molecule has 1 aliphatic rings. The van der Waals surface area contributed by atoms with Crippen molar-refractivity contribution in [1.82, 2.24) is 10.4 Å². The van der Waals surface area contributed by atoms with Crippen LogP contribution in [0.2, 0.25) is 0 Å². The zero-order chi connectivity index (χ0) is 20.1. The molecule has 7 heteroatoms. The minimum Gasteiger partial charge on any atom is -0.468 e. The second kappa shape index (κ2) is 9.08. The Morgan fingerprint density at radius 1 is 1.26 bits per heavy atom. The second-order valence-corrected chi connectivity index (χ2v) is 7.10. The lowest BCUT2D eigenvalue weighted by atomic mass is 9.70. The molecule has 3 atom stereocenters. The molecule has 6 nitrogen and oxygen atoms in total. The van der Waals surface area contributed by atoms with E-state index in [1.165, 1.54) is 36.4 Å². The van der Waals surface area contributed by atoms with E-state index < -0.39 is 35.5 Å². The summed E-state index contributed by atoms with van der Waals surface area (Å²) in [4.78, 5) is 38.5. The van der Waals surface area contributed by atoms with E-state index in [4.69, 9.17) is 4.74 Å². The average molecular weight is 378 g/mol. The molecule has 0 aliphatic carbocycles. The van der Waals surface area contributed by atoms with Crippen LogP contribution in [0.15, 0.2) is 24.3 Å². The number of nitrogens with zero attached hydrogens (tertiary/aromatic N) is 1. The Morgan fingerprint density at radius 3 is 2.41 bits per heavy atom. The van der Waals surface area contributed by atoms with Crippen LogP contribution in [0.4, 0.5) is 4.39 Å². The number of halogens is 1. The third-order valence-electron chi connectivity index (χ3n) is 5.13. The van der Waals surface area contributed by atoms with Crippen LogP contribution in [0.3, 0.4) is 0 Å². The zero-order valence-electron chi connectivity index (χ0n) is 16.2. The predicted molar refractivity (Wildman–Crippen MR) is 98.0 cm³/mol. The highest BCUT2D eigenvalue weighted by molar-refractivity contribution is 6.01. The van der Waals surface area contributed by atoms with Gasteiger partial charge in [-0.2, -0.15) is 0 Å². The van der Waals surface area contributed by atoms with Crippen LogP contribution in [0.5, 0.6) is 0 Å². The number of hydrogen-bond donors (Lipinski definition) is 1. The molecule has 0 radical (unpaired) electrons. The average Bonchev–Trinajstić information content (AvgIpc) is 2.66. The van der Waals surface area contributed by atoms with Gasteiger partial charge in [-0.1, -0.05) is 26.0 Å². The molecule has 148 valence electrons. The summed E-state index contributed by atoms with van der Waals surface area (Å²) in [6.07, 6.45) is 1.27. The molecule has 3 unspecified atom stereocenters. The van der Waals surface area contributed by atoms with Crippen molar-refractivity contribution in [2.45, 2.75) is 32.6 Å². The molecular formula is C20H27FN2O4. The normalized spacial score (nSPS) is 19.7. The fraction of sp³-hybridized carbons (Fsp3) is 0.550. The van der Waals surface area contributed by atoms with E-state index in [1.54, 1.807) is 20.9 Å². The van der Waals surface area contributed by atoms with E-state index in [9.17, 15) is 18.8 Å². The molecular weight excluding hydrogens is 351 g/mol. The molecule has 1 N–H and O–H groups in total. The van der Waals surface area contributed by atoms with Crippen LogP contribution in [0.25, 0.3) is 0 Å². The van der Waals surface area contributed by atoms with E-state index >= 15 is 0 Å².